The fourth-order valence-electron chi connectivity index (χ4n) is 1.40. The van der Waals surface area contributed by atoms with Gasteiger partial charge in [0.2, 0.25) is 0 Å². The van der Waals surface area contributed by atoms with Crippen molar-refractivity contribution in [2.75, 3.05) is 0 Å². The molecule has 0 saturated carbocycles. The minimum Gasteiger partial charge on any atom is -0.325 e. The number of hydrogen-bond donors (Lipinski definition) is 0. The Morgan fingerprint density at radius 3 is 2.47 bits per heavy atom. The van der Waals surface area contributed by atoms with E-state index in [1.54, 1.807) is 12.4 Å². The number of aromatic nitrogens is 3. The summed E-state index contributed by atoms with van der Waals surface area (Å²) in [5.41, 5.74) is 2.18. The number of nitrogens with zero attached hydrogens (tertiary/aromatic N) is 3. The molecule has 0 radical (unpaired) electrons. The minimum absolute atomic E-state index is 0.0795. The highest BCUT2D eigenvalue weighted by Gasteiger charge is 2.15. The van der Waals surface area contributed by atoms with Crippen LogP contribution in [0.5, 0.6) is 0 Å². The Bertz CT molecular complexity index is 424. The molecule has 3 nitrogen and oxygen atoms in total. The zero-order chi connectivity index (χ0) is 11.5. The van der Waals surface area contributed by atoms with Crippen LogP contribution in [0.25, 0.3) is 11.0 Å². The molecule has 15 heavy (non-hydrogen) atoms. The third-order valence-corrected chi connectivity index (χ3v) is 2.07. The zero-order valence-corrected chi connectivity index (χ0v) is 10.2. The highest BCUT2D eigenvalue weighted by atomic mass is 15.1. The van der Waals surface area contributed by atoms with Crippen molar-refractivity contribution in [3.05, 3.63) is 24.8 Å². The van der Waals surface area contributed by atoms with Gasteiger partial charge >= 0.3 is 0 Å². The first-order valence-electron chi connectivity index (χ1n) is 5.36. The normalized spacial score (nSPS) is 11.0. The van der Waals surface area contributed by atoms with Crippen molar-refractivity contribution in [1.29, 1.82) is 0 Å². The predicted octanol–water partition coefficient (Wildman–Crippen LogP) is 3.21. The maximum Gasteiger partial charge on any atom is 0.107 e. The molecule has 82 valence electrons. The van der Waals surface area contributed by atoms with Crippen molar-refractivity contribution in [2.45, 2.75) is 40.2 Å². The van der Waals surface area contributed by atoms with Crippen LogP contribution in [0.15, 0.2) is 24.8 Å². The summed E-state index contributed by atoms with van der Waals surface area (Å²) in [6.07, 6.45) is 5.45. The van der Waals surface area contributed by atoms with Crippen molar-refractivity contribution < 1.29 is 0 Å². The van der Waals surface area contributed by atoms with E-state index in [1.807, 2.05) is 26.2 Å². The Balaban J connectivity index is 0.000000531. The Morgan fingerprint density at radius 2 is 1.87 bits per heavy atom. The van der Waals surface area contributed by atoms with E-state index in [9.17, 15) is 0 Å². The van der Waals surface area contributed by atoms with Crippen molar-refractivity contribution in [3.8, 4) is 0 Å². The van der Waals surface area contributed by atoms with Crippen LogP contribution in [0.1, 0.15) is 34.6 Å². The lowest BCUT2D eigenvalue weighted by Gasteiger charge is -2.21. The molecule has 2 aromatic rings. The van der Waals surface area contributed by atoms with Crippen LogP contribution >= 0.6 is 0 Å². The van der Waals surface area contributed by atoms with Crippen LogP contribution in [0.3, 0.4) is 0 Å². The maximum absolute atomic E-state index is 4.29. The number of imidazole rings is 1. The number of hydrogen-bond acceptors (Lipinski definition) is 2. The summed E-state index contributed by atoms with van der Waals surface area (Å²) in [5.74, 6) is 0. The Kier molecular flexibility index (Phi) is 3.45. The van der Waals surface area contributed by atoms with Gasteiger partial charge in [0.25, 0.3) is 0 Å². The van der Waals surface area contributed by atoms with Crippen LogP contribution in [-0.4, -0.2) is 14.5 Å². The van der Waals surface area contributed by atoms with E-state index < -0.39 is 0 Å². The first-order chi connectivity index (χ1) is 7.09. The van der Waals surface area contributed by atoms with E-state index in [2.05, 4.69) is 35.3 Å². The van der Waals surface area contributed by atoms with Gasteiger partial charge in [0.15, 0.2) is 0 Å². The fourth-order valence-corrected chi connectivity index (χ4v) is 1.40. The molecule has 0 saturated heterocycles. The van der Waals surface area contributed by atoms with Crippen LogP contribution in [0.4, 0.5) is 0 Å². The first-order valence-corrected chi connectivity index (χ1v) is 5.36. The smallest absolute Gasteiger partial charge is 0.107 e. The molecular formula is C12H19N3. The summed E-state index contributed by atoms with van der Waals surface area (Å²) in [4.78, 5) is 8.32. The third kappa shape index (κ3) is 2.35. The van der Waals surface area contributed by atoms with Crippen LogP contribution < -0.4 is 0 Å². The van der Waals surface area contributed by atoms with Crippen molar-refractivity contribution >= 4 is 11.0 Å². The lowest BCUT2D eigenvalue weighted by atomic mass is 10.1. The molecule has 0 atom stereocenters. The largest absolute Gasteiger partial charge is 0.325 e. The van der Waals surface area contributed by atoms with E-state index in [-0.39, 0.29) is 5.54 Å². The molecule has 0 N–H and O–H groups in total. The summed E-state index contributed by atoms with van der Waals surface area (Å²) >= 11 is 0. The van der Waals surface area contributed by atoms with Gasteiger partial charge < -0.3 is 4.57 Å². The lowest BCUT2D eigenvalue weighted by Crippen LogP contribution is -2.20. The summed E-state index contributed by atoms with van der Waals surface area (Å²) in [7, 11) is 0. The molecule has 0 amide bonds. The third-order valence-electron chi connectivity index (χ3n) is 2.07. The highest BCUT2D eigenvalue weighted by molar-refractivity contribution is 5.74. The fraction of sp³-hybridized carbons (Fsp3) is 0.500. The van der Waals surface area contributed by atoms with E-state index in [1.165, 1.54) is 0 Å². The molecular weight excluding hydrogens is 186 g/mol. The second kappa shape index (κ2) is 4.43. The molecule has 0 unspecified atom stereocenters. The maximum atomic E-state index is 4.29. The molecule has 0 bridgehead atoms. The molecule has 0 aliphatic carbocycles. The minimum atomic E-state index is 0.0795. The first kappa shape index (κ1) is 11.7. The molecule has 0 aromatic carbocycles. The molecule has 2 heterocycles. The van der Waals surface area contributed by atoms with Gasteiger partial charge in [-0.1, -0.05) is 13.8 Å². The second-order valence-electron chi connectivity index (χ2n) is 4.15. The monoisotopic (exact) mass is 205 g/mol. The van der Waals surface area contributed by atoms with Crippen molar-refractivity contribution in [1.82, 2.24) is 14.5 Å². The van der Waals surface area contributed by atoms with Gasteiger partial charge in [-0.15, -0.1) is 0 Å². The molecule has 2 aromatic heterocycles. The van der Waals surface area contributed by atoms with Crippen LogP contribution in [0.2, 0.25) is 0 Å². The second-order valence-corrected chi connectivity index (χ2v) is 4.15. The summed E-state index contributed by atoms with van der Waals surface area (Å²) < 4.78 is 2.16. The summed E-state index contributed by atoms with van der Waals surface area (Å²) in [5, 5.41) is 0. The van der Waals surface area contributed by atoms with Gasteiger partial charge in [-0.25, -0.2) is 4.98 Å². The Hall–Kier alpha value is -1.38. The molecule has 0 fully saturated rings. The lowest BCUT2D eigenvalue weighted by molar-refractivity contribution is 0.408. The van der Waals surface area contributed by atoms with Crippen LogP contribution in [-0.2, 0) is 5.54 Å². The van der Waals surface area contributed by atoms with Crippen molar-refractivity contribution in [3.63, 3.8) is 0 Å². The van der Waals surface area contributed by atoms with Gasteiger partial charge in [-0.3, -0.25) is 4.98 Å². The Morgan fingerprint density at radius 1 is 1.20 bits per heavy atom. The van der Waals surface area contributed by atoms with Crippen LogP contribution in [0, 0.1) is 0 Å². The van der Waals surface area contributed by atoms with Gasteiger partial charge in [-0.2, -0.15) is 0 Å². The number of pyridine rings is 1. The zero-order valence-electron chi connectivity index (χ0n) is 10.2. The predicted molar refractivity (Wildman–Crippen MR) is 63.9 cm³/mol. The summed E-state index contributed by atoms with van der Waals surface area (Å²) in [6.45, 7) is 10.5. The summed E-state index contributed by atoms with van der Waals surface area (Å²) in [6, 6.07) is 1.99. The SMILES string of the molecule is CC.CC(C)(C)n1cnc2cnccc21. The Labute approximate surface area is 91.2 Å². The van der Waals surface area contributed by atoms with E-state index >= 15 is 0 Å². The standard InChI is InChI=1S/C10H13N3.C2H6/c1-10(2,3)13-7-12-8-6-11-5-4-9(8)13;1-2/h4-7H,1-3H3;1-2H3. The molecule has 0 aliphatic heterocycles. The highest BCUT2D eigenvalue weighted by Crippen LogP contribution is 2.20. The van der Waals surface area contributed by atoms with Gasteiger partial charge in [0, 0.05) is 11.7 Å². The molecule has 0 aliphatic rings. The van der Waals surface area contributed by atoms with Gasteiger partial charge in [0.1, 0.15) is 5.52 Å². The number of rotatable bonds is 0. The molecule has 2 rings (SSSR count). The van der Waals surface area contributed by atoms with E-state index in [4.69, 9.17) is 0 Å². The topological polar surface area (TPSA) is 30.7 Å². The average molecular weight is 205 g/mol. The number of fused-ring (bicyclic) bond motifs is 1. The van der Waals surface area contributed by atoms with Gasteiger partial charge in [-0.05, 0) is 26.8 Å². The van der Waals surface area contributed by atoms with E-state index in [0.29, 0.717) is 0 Å². The average Bonchev–Trinajstić information content (AvgIpc) is 2.63. The molecule has 3 heteroatoms. The van der Waals surface area contributed by atoms with Crippen molar-refractivity contribution in [2.24, 2.45) is 0 Å². The quantitative estimate of drug-likeness (QED) is 0.661. The molecule has 0 spiro atoms. The van der Waals surface area contributed by atoms with E-state index in [0.717, 1.165) is 11.0 Å². The van der Waals surface area contributed by atoms with Gasteiger partial charge in [0.05, 0.1) is 18.0 Å².